The fourth-order valence-corrected chi connectivity index (χ4v) is 3.04. The van der Waals surface area contributed by atoms with Gasteiger partial charge in [-0.15, -0.1) is 10.2 Å². The summed E-state index contributed by atoms with van der Waals surface area (Å²) in [7, 11) is 1.78. The first kappa shape index (κ1) is 10.2. The van der Waals surface area contributed by atoms with Crippen molar-refractivity contribution in [3.63, 3.8) is 0 Å². The van der Waals surface area contributed by atoms with Gasteiger partial charge in [0.15, 0.2) is 5.82 Å². The molecule has 0 aromatic carbocycles. The van der Waals surface area contributed by atoms with Crippen molar-refractivity contribution in [1.29, 1.82) is 0 Å². The van der Waals surface area contributed by atoms with E-state index in [-0.39, 0.29) is 6.10 Å². The van der Waals surface area contributed by atoms with E-state index in [1.54, 1.807) is 7.05 Å². The van der Waals surface area contributed by atoms with Crippen LogP contribution in [0.3, 0.4) is 0 Å². The zero-order chi connectivity index (χ0) is 11.1. The summed E-state index contributed by atoms with van der Waals surface area (Å²) in [5.74, 6) is 1.92. The third kappa shape index (κ3) is 1.72. The van der Waals surface area contributed by atoms with E-state index in [0.29, 0.717) is 11.8 Å². The highest BCUT2D eigenvalue weighted by Crippen LogP contribution is 2.38. The fraction of sp³-hybridized carbons (Fsp3) is 0.900. The average molecular weight is 223 g/mol. The molecule has 1 aromatic heterocycles. The molecule has 2 heterocycles. The largest absolute Gasteiger partial charge is 0.393 e. The Morgan fingerprint density at radius 1 is 1.38 bits per heavy atom. The number of aliphatic hydroxyl groups is 1. The van der Waals surface area contributed by atoms with E-state index in [4.69, 9.17) is 0 Å². The lowest BCUT2D eigenvalue weighted by Gasteiger charge is -2.15. The van der Waals surface area contributed by atoms with Crippen LogP contribution in [-0.2, 0) is 13.6 Å². The average Bonchev–Trinajstić information content (AvgIpc) is 2.88. The van der Waals surface area contributed by atoms with Crippen LogP contribution in [0.15, 0.2) is 0 Å². The minimum Gasteiger partial charge on any atom is -0.393 e. The van der Waals surface area contributed by atoms with Crippen LogP contribution in [0.5, 0.6) is 0 Å². The number of fused-ring (bicyclic) bond motifs is 1. The second-order valence-corrected chi connectivity index (χ2v) is 4.96. The van der Waals surface area contributed by atoms with Gasteiger partial charge in [0, 0.05) is 19.0 Å². The first-order valence-electron chi connectivity index (χ1n) is 5.85. The molecule has 0 bridgehead atoms. The number of aryl methyl sites for hydroxylation is 1. The monoisotopic (exact) mass is 223 g/mol. The summed E-state index contributed by atoms with van der Waals surface area (Å²) in [6.07, 6.45) is 2.05. The predicted octanol–water partition coefficient (Wildman–Crippen LogP) is -0.587. The summed E-state index contributed by atoms with van der Waals surface area (Å²) < 4.78 is 0. The highest BCUT2D eigenvalue weighted by molar-refractivity contribution is 4.94. The van der Waals surface area contributed by atoms with Gasteiger partial charge in [0.25, 0.3) is 0 Å². The maximum atomic E-state index is 9.81. The van der Waals surface area contributed by atoms with Gasteiger partial charge in [0.05, 0.1) is 19.7 Å². The Labute approximate surface area is 94.2 Å². The molecule has 1 saturated heterocycles. The molecule has 2 fully saturated rings. The lowest BCUT2D eigenvalue weighted by Crippen LogP contribution is -2.25. The number of likely N-dealkylation sites (tertiary alicyclic amines) is 1. The molecule has 6 heteroatoms. The van der Waals surface area contributed by atoms with Crippen molar-refractivity contribution in [3.8, 4) is 0 Å². The number of hydrogen-bond donors (Lipinski definition) is 1. The fourth-order valence-electron chi connectivity index (χ4n) is 3.04. The second-order valence-electron chi connectivity index (χ2n) is 4.96. The van der Waals surface area contributed by atoms with Gasteiger partial charge < -0.3 is 5.11 Å². The molecule has 0 radical (unpaired) electrons. The number of aromatic nitrogens is 4. The first-order valence-corrected chi connectivity index (χ1v) is 5.85. The minimum absolute atomic E-state index is 0.0928. The van der Waals surface area contributed by atoms with Crippen molar-refractivity contribution >= 4 is 0 Å². The van der Waals surface area contributed by atoms with Crippen LogP contribution in [0.2, 0.25) is 0 Å². The number of nitrogens with zero attached hydrogens (tertiary/aromatic N) is 5. The van der Waals surface area contributed by atoms with E-state index in [1.165, 1.54) is 4.80 Å². The van der Waals surface area contributed by atoms with Gasteiger partial charge >= 0.3 is 0 Å². The van der Waals surface area contributed by atoms with Gasteiger partial charge in [-0.25, -0.2) is 0 Å². The van der Waals surface area contributed by atoms with Crippen LogP contribution < -0.4 is 0 Å². The summed E-state index contributed by atoms with van der Waals surface area (Å²) in [6, 6.07) is 0. The number of aliphatic hydroxyl groups excluding tert-OH is 1. The number of rotatable bonds is 2. The molecule has 1 N–H and O–H groups in total. The maximum Gasteiger partial charge on any atom is 0.188 e. The van der Waals surface area contributed by atoms with Gasteiger partial charge in [0.1, 0.15) is 0 Å². The summed E-state index contributed by atoms with van der Waals surface area (Å²) in [5.41, 5.74) is 0. The molecule has 88 valence electrons. The van der Waals surface area contributed by atoms with Crippen molar-refractivity contribution < 1.29 is 5.11 Å². The first-order chi connectivity index (χ1) is 7.72. The zero-order valence-electron chi connectivity index (χ0n) is 9.45. The molecule has 1 aliphatic heterocycles. The molecule has 2 aliphatic rings. The summed E-state index contributed by atoms with van der Waals surface area (Å²) in [5, 5.41) is 21.8. The van der Waals surface area contributed by atoms with Gasteiger partial charge in [-0.1, -0.05) is 0 Å². The molecule has 1 aliphatic carbocycles. The van der Waals surface area contributed by atoms with Crippen molar-refractivity contribution in [1.82, 2.24) is 25.1 Å². The second kappa shape index (κ2) is 3.78. The van der Waals surface area contributed by atoms with Gasteiger partial charge in [0.2, 0.25) is 0 Å². The Hall–Kier alpha value is -1.01. The van der Waals surface area contributed by atoms with E-state index in [9.17, 15) is 5.11 Å². The van der Waals surface area contributed by atoms with E-state index < -0.39 is 0 Å². The molecule has 1 aromatic rings. The molecule has 0 spiro atoms. The van der Waals surface area contributed by atoms with Crippen LogP contribution >= 0.6 is 0 Å². The van der Waals surface area contributed by atoms with Gasteiger partial charge in [-0.2, -0.15) is 4.80 Å². The van der Waals surface area contributed by atoms with Crippen molar-refractivity contribution in [3.05, 3.63) is 5.82 Å². The lowest BCUT2D eigenvalue weighted by molar-refractivity contribution is 0.123. The molecular formula is C10H17N5O. The van der Waals surface area contributed by atoms with Crippen molar-refractivity contribution in [2.45, 2.75) is 25.5 Å². The molecule has 16 heavy (non-hydrogen) atoms. The van der Waals surface area contributed by atoms with Crippen molar-refractivity contribution in [2.24, 2.45) is 18.9 Å². The smallest absolute Gasteiger partial charge is 0.188 e. The SMILES string of the molecule is Cn1nnc(CN2CC3CCC(O)C3C2)n1. The quantitative estimate of drug-likeness (QED) is 0.726. The van der Waals surface area contributed by atoms with E-state index in [2.05, 4.69) is 20.3 Å². The van der Waals surface area contributed by atoms with Gasteiger partial charge in [-0.3, -0.25) is 4.90 Å². The van der Waals surface area contributed by atoms with Crippen LogP contribution in [-0.4, -0.2) is 49.4 Å². The molecule has 3 atom stereocenters. The lowest BCUT2D eigenvalue weighted by atomic mass is 10.00. The minimum atomic E-state index is -0.0928. The van der Waals surface area contributed by atoms with Gasteiger partial charge in [-0.05, 0) is 24.0 Å². The topological polar surface area (TPSA) is 67.1 Å². The Kier molecular flexibility index (Phi) is 2.40. The van der Waals surface area contributed by atoms with Crippen molar-refractivity contribution in [2.75, 3.05) is 13.1 Å². The Morgan fingerprint density at radius 2 is 2.25 bits per heavy atom. The molecule has 3 rings (SSSR count). The molecule has 6 nitrogen and oxygen atoms in total. The van der Waals surface area contributed by atoms with E-state index >= 15 is 0 Å². The van der Waals surface area contributed by atoms with E-state index in [1.807, 2.05) is 0 Å². The summed E-state index contributed by atoms with van der Waals surface area (Å²) in [6.45, 7) is 2.80. The number of hydrogen-bond acceptors (Lipinski definition) is 5. The Morgan fingerprint density at radius 3 is 2.94 bits per heavy atom. The standard InChI is InChI=1S/C10H17N5O/c1-14-12-10(11-13-14)6-15-4-7-2-3-9(16)8(7)5-15/h7-9,16H,2-6H2,1H3. The summed E-state index contributed by atoms with van der Waals surface area (Å²) >= 11 is 0. The highest BCUT2D eigenvalue weighted by atomic mass is 16.3. The zero-order valence-corrected chi connectivity index (χ0v) is 9.45. The predicted molar refractivity (Wildman–Crippen MR) is 56.3 cm³/mol. The molecule has 3 unspecified atom stereocenters. The Balaban J connectivity index is 1.62. The van der Waals surface area contributed by atoms with Crippen LogP contribution in [0.4, 0.5) is 0 Å². The Bertz CT molecular complexity index is 379. The molecule has 0 amide bonds. The van der Waals surface area contributed by atoms with Crippen LogP contribution in [0.1, 0.15) is 18.7 Å². The highest BCUT2D eigenvalue weighted by Gasteiger charge is 2.41. The molecular weight excluding hydrogens is 206 g/mol. The van der Waals surface area contributed by atoms with Crippen LogP contribution in [0.25, 0.3) is 0 Å². The third-order valence-corrected chi connectivity index (χ3v) is 3.81. The third-order valence-electron chi connectivity index (χ3n) is 3.81. The summed E-state index contributed by atoms with van der Waals surface area (Å²) in [4.78, 5) is 3.82. The maximum absolute atomic E-state index is 9.81. The number of tetrazole rings is 1. The van der Waals surface area contributed by atoms with E-state index in [0.717, 1.165) is 38.3 Å². The normalized spacial score (nSPS) is 34.5. The van der Waals surface area contributed by atoms with Crippen LogP contribution in [0, 0.1) is 11.8 Å². The molecule has 1 saturated carbocycles.